The Hall–Kier alpha value is -3.84. The van der Waals surface area contributed by atoms with Crippen LogP contribution in [0.15, 0.2) is 72.9 Å². The highest BCUT2D eigenvalue weighted by Crippen LogP contribution is 2.33. The Labute approximate surface area is 234 Å². The van der Waals surface area contributed by atoms with Gasteiger partial charge in [-0.3, -0.25) is 4.68 Å². The minimum Gasteiger partial charge on any atom is -0.491 e. The SMILES string of the molecule is CNS(=O)(=O)CCNc1ccc(-c2ccc(Cl)cc2)cc1-c1ccn(Cc2cc(C#N)cc(OC(C)C)c2)n1. The number of hydrogen-bond acceptors (Lipinski definition) is 6. The van der Waals surface area contributed by atoms with Gasteiger partial charge in [-0.25, -0.2) is 13.1 Å². The van der Waals surface area contributed by atoms with Crippen molar-refractivity contribution in [3.8, 4) is 34.2 Å². The van der Waals surface area contributed by atoms with Crippen molar-refractivity contribution in [3.63, 3.8) is 0 Å². The molecule has 4 aromatic rings. The Kier molecular flexibility index (Phi) is 8.92. The number of ether oxygens (including phenoxy) is 1. The van der Waals surface area contributed by atoms with Crippen LogP contribution in [-0.4, -0.2) is 43.6 Å². The second-order valence-electron chi connectivity index (χ2n) is 9.26. The van der Waals surface area contributed by atoms with Gasteiger partial charge in [-0.1, -0.05) is 29.8 Å². The van der Waals surface area contributed by atoms with Crippen molar-refractivity contribution < 1.29 is 13.2 Å². The van der Waals surface area contributed by atoms with Gasteiger partial charge in [0.2, 0.25) is 10.0 Å². The molecule has 0 bridgehead atoms. The van der Waals surface area contributed by atoms with Crippen molar-refractivity contribution in [1.82, 2.24) is 14.5 Å². The highest BCUT2D eigenvalue weighted by molar-refractivity contribution is 7.89. The Morgan fingerprint density at radius 2 is 1.79 bits per heavy atom. The Morgan fingerprint density at radius 3 is 2.49 bits per heavy atom. The first-order chi connectivity index (χ1) is 18.7. The van der Waals surface area contributed by atoms with Crippen molar-refractivity contribution in [3.05, 3.63) is 89.1 Å². The second-order valence-corrected chi connectivity index (χ2v) is 11.7. The summed E-state index contributed by atoms with van der Waals surface area (Å²) in [6.45, 7) is 4.56. The average molecular weight is 564 g/mol. The van der Waals surface area contributed by atoms with Crippen LogP contribution in [0.1, 0.15) is 25.0 Å². The fraction of sp³-hybridized carbons (Fsp3) is 0.241. The molecule has 1 aromatic heterocycles. The third kappa shape index (κ3) is 7.60. The quantitative estimate of drug-likeness (QED) is 0.248. The van der Waals surface area contributed by atoms with Gasteiger partial charge in [0.1, 0.15) is 5.75 Å². The van der Waals surface area contributed by atoms with E-state index in [1.807, 2.05) is 80.7 Å². The predicted molar refractivity (Wildman–Crippen MR) is 155 cm³/mol. The average Bonchev–Trinajstić information content (AvgIpc) is 3.37. The van der Waals surface area contributed by atoms with Crippen molar-refractivity contribution in [2.45, 2.75) is 26.5 Å². The van der Waals surface area contributed by atoms with Gasteiger partial charge in [-0.05, 0) is 86.1 Å². The molecule has 0 spiro atoms. The van der Waals surface area contributed by atoms with E-state index in [1.165, 1.54) is 7.05 Å². The summed E-state index contributed by atoms with van der Waals surface area (Å²) in [4.78, 5) is 0. The standard InChI is InChI=1S/C29H30ClN5O3S/c1-20(2)38-26-15-21(18-31)14-22(16-26)19-35-12-10-29(34-35)27-17-24(23-4-7-25(30)8-5-23)6-9-28(27)33-11-13-39(36,37)32-3/h4-10,12,14-17,20,32-33H,11,13,19H2,1-3H3. The molecular formula is C29H30ClN5O3S. The predicted octanol–water partition coefficient (Wildman–Crippen LogP) is 5.54. The van der Waals surface area contributed by atoms with Crippen LogP contribution in [0.5, 0.6) is 5.75 Å². The van der Waals surface area contributed by atoms with E-state index in [2.05, 4.69) is 16.1 Å². The third-order valence-corrected chi connectivity index (χ3v) is 7.54. The molecule has 3 aromatic carbocycles. The molecule has 39 heavy (non-hydrogen) atoms. The second kappa shape index (κ2) is 12.3. The van der Waals surface area contributed by atoms with E-state index in [1.54, 1.807) is 10.7 Å². The molecule has 2 N–H and O–H groups in total. The number of sulfonamides is 1. The molecule has 0 aliphatic carbocycles. The first-order valence-corrected chi connectivity index (χ1v) is 14.5. The molecule has 202 valence electrons. The van der Waals surface area contributed by atoms with Crippen LogP contribution in [0, 0.1) is 11.3 Å². The van der Waals surface area contributed by atoms with Gasteiger partial charge in [-0.15, -0.1) is 0 Å². The zero-order chi connectivity index (χ0) is 28.0. The van der Waals surface area contributed by atoms with Gasteiger partial charge in [0.25, 0.3) is 0 Å². The zero-order valence-corrected chi connectivity index (χ0v) is 23.6. The number of nitrogens with one attached hydrogen (secondary N) is 2. The van der Waals surface area contributed by atoms with E-state index in [9.17, 15) is 13.7 Å². The number of nitriles is 1. The summed E-state index contributed by atoms with van der Waals surface area (Å²) in [5.74, 6) is 0.580. The highest BCUT2D eigenvalue weighted by atomic mass is 35.5. The van der Waals surface area contributed by atoms with Crippen LogP contribution in [0.4, 0.5) is 5.69 Å². The number of aromatic nitrogens is 2. The molecule has 1 heterocycles. The van der Waals surface area contributed by atoms with Crippen LogP contribution < -0.4 is 14.8 Å². The lowest BCUT2D eigenvalue weighted by atomic mass is 10.00. The minimum atomic E-state index is -3.35. The monoisotopic (exact) mass is 563 g/mol. The van der Waals surface area contributed by atoms with Crippen molar-refractivity contribution in [2.24, 2.45) is 0 Å². The maximum Gasteiger partial charge on any atom is 0.213 e. The van der Waals surface area contributed by atoms with Crippen molar-refractivity contribution >= 4 is 27.3 Å². The van der Waals surface area contributed by atoms with Crippen molar-refractivity contribution in [1.29, 1.82) is 5.26 Å². The molecule has 0 saturated carbocycles. The molecule has 0 aliphatic heterocycles. The van der Waals surface area contributed by atoms with E-state index in [0.717, 1.165) is 33.6 Å². The summed E-state index contributed by atoms with van der Waals surface area (Å²) >= 11 is 6.08. The summed E-state index contributed by atoms with van der Waals surface area (Å²) in [7, 11) is -1.95. The first kappa shape index (κ1) is 28.2. The normalized spacial score (nSPS) is 11.4. The first-order valence-electron chi connectivity index (χ1n) is 12.5. The van der Waals surface area contributed by atoms with Crippen LogP contribution in [-0.2, 0) is 16.6 Å². The third-order valence-electron chi connectivity index (χ3n) is 5.92. The van der Waals surface area contributed by atoms with Crippen LogP contribution in [0.25, 0.3) is 22.4 Å². The number of halogens is 1. The molecule has 0 unspecified atom stereocenters. The lowest BCUT2D eigenvalue weighted by Gasteiger charge is -2.14. The molecular weight excluding hydrogens is 534 g/mol. The van der Waals surface area contributed by atoms with Gasteiger partial charge >= 0.3 is 0 Å². The topological polar surface area (TPSA) is 109 Å². The molecule has 0 atom stereocenters. The molecule has 0 saturated heterocycles. The van der Waals surface area contributed by atoms with Crippen molar-refractivity contribution in [2.75, 3.05) is 24.7 Å². The number of rotatable bonds is 11. The van der Waals surface area contributed by atoms with E-state index in [4.69, 9.17) is 21.4 Å². The molecule has 10 heteroatoms. The molecule has 0 radical (unpaired) electrons. The summed E-state index contributed by atoms with van der Waals surface area (Å²) in [6, 6.07) is 23.1. The molecule has 0 aliphatic rings. The van der Waals surface area contributed by atoms with Gasteiger partial charge in [-0.2, -0.15) is 10.4 Å². The highest BCUT2D eigenvalue weighted by Gasteiger charge is 2.13. The number of hydrogen-bond donors (Lipinski definition) is 2. The van der Waals surface area contributed by atoms with Gasteiger partial charge < -0.3 is 10.1 Å². The fourth-order valence-corrected chi connectivity index (χ4v) is 4.79. The number of anilines is 1. The van der Waals surface area contributed by atoms with Crippen LogP contribution in [0.3, 0.4) is 0 Å². The molecule has 0 fully saturated rings. The lowest BCUT2D eigenvalue weighted by Crippen LogP contribution is -2.26. The zero-order valence-electron chi connectivity index (χ0n) is 22.0. The van der Waals surface area contributed by atoms with Gasteiger partial charge in [0, 0.05) is 29.0 Å². The van der Waals surface area contributed by atoms with Gasteiger partial charge in [0.15, 0.2) is 0 Å². The Morgan fingerprint density at radius 1 is 1.05 bits per heavy atom. The van der Waals surface area contributed by atoms with Crippen LogP contribution in [0.2, 0.25) is 5.02 Å². The summed E-state index contributed by atoms with van der Waals surface area (Å²) in [5, 5.41) is 18.2. The largest absolute Gasteiger partial charge is 0.491 e. The van der Waals surface area contributed by atoms with E-state index < -0.39 is 10.0 Å². The summed E-state index contributed by atoms with van der Waals surface area (Å²) < 4.78 is 33.8. The maximum atomic E-state index is 11.9. The minimum absolute atomic E-state index is 0.00923. The van der Waals surface area contributed by atoms with E-state index in [0.29, 0.717) is 22.9 Å². The van der Waals surface area contributed by atoms with Gasteiger partial charge in [0.05, 0.1) is 35.7 Å². The van der Waals surface area contributed by atoms with E-state index in [-0.39, 0.29) is 18.4 Å². The molecule has 8 nitrogen and oxygen atoms in total. The number of nitrogens with zero attached hydrogens (tertiary/aromatic N) is 3. The van der Waals surface area contributed by atoms with E-state index >= 15 is 0 Å². The van der Waals surface area contributed by atoms with Crippen LogP contribution >= 0.6 is 11.6 Å². The lowest BCUT2D eigenvalue weighted by molar-refractivity contribution is 0.242. The number of benzene rings is 3. The smallest absolute Gasteiger partial charge is 0.213 e. The Bertz CT molecular complexity index is 1590. The summed E-state index contributed by atoms with van der Waals surface area (Å²) in [5.41, 5.74) is 5.71. The Balaban J connectivity index is 1.65. The molecule has 0 amide bonds. The molecule has 4 rings (SSSR count). The summed E-state index contributed by atoms with van der Waals surface area (Å²) in [6.07, 6.45) is 1.87. The maximum absolute atomic E-state index is 11.9. The fourth-order valence-electron chi connectivity index (χ4n) is 4.09.